The largest absolute Gasteiger partial charge is 0.456 e. The molecular formula is C17H15BrN2O. The molecule has 106 valence electrons. The fourth-order valence-electron chi connectivity index (χ4n) is 2.27. The zero-order valence-corrected chi connectivity index (χ0v) is 13.4. The van der Waals surface area contributed by atoms with Gasteiger partial charge in [0.15, 0.2) is 0 Å². The number of nitrogen functional groups attached to an aromatic ring is 1. The molecular weight excluding hydrogens is 328 g/mol. The number of hydrogen-bond donors (Lipinski definition) is 1. The Morgan fingerprint density at radius 2 is 1.81 bits per heavy atom. The second kappa shape index (κ2) is 5.37. The van der Waals surface area contributed by atoms with Crippen molar-refractivity contribution in [2.45, 2.75) is 13.8 Å². The SMILES string of the molecule is Cc1cc(Oc2ccc(Br)cc2C)c2cc(N)ccc2n1. The Bertz CT molecular complexity index is 830. The average Bonchev–Trinajstić information content (AvgIpc) is 2.42. The Balaban J connectivity index is 2.13. The van der Waals surface area contributed by atoms with Gasteiger partial charge in [-0.1, -0.05) is 15.9 Å². The Morgan fingerprint density at radius 1 is 1.00 bits per heavy atom. The van der Waals surface area contributed by atoms with Crippen LogP contribution in [0.25, 0.3) is 10.9 Å². The van der Waals surface area contributed by atoms with Crippen LogP contribution in [0.1, 0.15) is 11.3 Å². The molecule has 3 rings (SSSR count). The first-order valence-electron chi connectivity index (χ1n) is 6.64. The van der Waals surface area contributed by atoms with Gasteiger partial charge in [0.05, 0.1) is 5.52 Å². The number of ether oxygens (including phenoxy) is 1. The number of rotatable bonds is 2. The number of nitrogens with two attached hydrogens (primary N) is 1. The van der Waals surface area contributed by atoms with Crippen molar-refractivity contribution in [1.29, 1.82) is 0 Å². The van der Waals surface area contributed by atoms with Crippen molar-refractivity contribution in [2.75, 3.05) is 5.73 Å². The summed E-state index contributed by atoms with van der Waals surface area (Å²) >= 11 is 3.46. The van der Waals surface area contributed by atoms with Gasteiger partial charge >= 0.3 is 0 Å². The molecule has 0 fully saturated rings. The summed E-state index contributed by atoms with van der Waals surface area (Å²) in [6.45, 7) is 3.97. The Labute approximate surface area is 131 Å². The van der Waals surface area contributed by atoms with Crippen molar-refractivity contribution >= 4 is 32.5 Å². The molecule has 0 aliphatic rings. The van der Waals surface area contributed by atoms with Crippen LogP contribution in [0.4, 0.5) is 5.69 Å². The molecule has 0 bridgehead atoms. The quantitative estimate of drug-likeness (QED) is 0.667. The molecule has 3 nitrogen and oxygen atoms in total. The molecule has 0 aliphatic carbocycles. The van der Waals surface area contributed by atoms with Crippen molar-refractivity contribution in [2.24, 2.45) is 0 Å². The van der Waals surface area contributed by atoms with Gasteiger partial charge in [-0.05, 0) is 55.8 Å². The predicted molar refractivity (Wildman–Crippen MR) is 89.8 cm³/mol. The van der Waals surface area contributed by atoms with Crippen LogP contribution < -0.4 is 10.5 Å². The van der Waals surface area contributed by atoms with Crippen molar-refractivity contribution < 1.29 is 4.74 Å². The number of aromatic nitrogens is 1. The lowest BCUT2D eigenvalue weighted by molar-refractivity contribution is 0.483. The summed E-state index contributed by atoms with van der Waals surface area (Å²) in [6.07, 6.45) is 0. The zero-order valence-electron chi connectivity index (χ0n) is 11.9. The third-order valence-corrected chi connectivity index (χ3v) is 3.77. The highest BCUT2D eigenvalue weighted by Gasteiger charge is 2.09. The standard InChI is InChI=1S/C17H15BrN2O/c1-10-7-12(18)3-6-16(10)21-17-8-11(2)20-15-5-4-13(19)9-14(15)17/h3-9H,19H2,1-2H3. The minimum absolute atomic E-state index is 0.700. The van der Waals surface area contributed by atoms with Gasteiger partial charge in [0, 0.05) is 27.3 Å². The molecule has 0 unspecified atom stereocenters. The van der Waals surface area contributed by atoms with E-state index in [1.165, 1.54) is 0 Å². The molecule has 0 radical (unpaired) electrons. The molecule has 2 aromatic carbocycles. The van der Waals surface area contributed by atoms with E-state index in [4.69, 9.17) is 10.5 Å². The van der Waals surface area contributed by atoms with Gasteiger partial charge in [0.1, 0.15) is 11.5 Å². The second-order valence-corrected chi connectivity index (χ2v) is 5.97. The van der Waals surface area contributed by atoms with Gasteiger partial charge in [-0.3, -0.25) is 4.98 Å². The molecule has 3 aromatic rings. The smallest absolute Gasteiger partial charge is 0.138 e. The van der Waals surface area contributed by atoms with Gasteiger partial charge in [-0.2, -0.15) is 0 Å². The minimum Gasteiger partial charge on any atom is -0.456 e. The van der Waals surface area contributed by atoms with Crippen molar-refractivity contribution in [3.63, 3.8) is 0 Å². The molecule has 1 heterocycles. The third-order valence-electron chi connectivity index (χ3n) is 3.28. The predicted octanol–water partition coefficient (Wildman–Crippen LogP) is 4.99. The van der Waals surface area contributed by atoms with Crippen LogP contribution in [0.2, 0.25) is 0 Å². The van der Waals surface area contributed by atoms with Gasteiger partial charge in [0.25, 0.3) is 0 Å². The number of benzene rings is 2. The maximum Gasteiger partial charge on any atom is 0.138 e. The third kappa shape index (κ3) is 2.85. The van der Waals surface area contributed by atoms with Gasteiger partial charge < -0.3 is 10.5 Å². The summed E-state index contributed by atoms with van der Waals surface area (Å²) < 4.78 is 7.13. The highest BCUT2D eigenvalue weighted by atomic mass is 79.9. The van der Waals surface area contributed by atoms with Crippen LogP contribution in [-0.2, 0) is 0 Å². The monoisotopic (exact) mass is 342 g/mol. The molecule has 0 aliphatic heterocycles. The van der Waals surface area contributed by atoms with E-state index in [2.05, 4.69) is 20.9 Å². The minimum atomic E-state index is 0.700. The highest BCUT2D eigenvalue weighted by molar-refractivity contribution is 9.10. The number of anilines is 1. The highest BCUT2D eigenvalue weighted by Crippen LogP contribution is 2.33. The van der Waals surface area contributed by atoms with Gasteiger partial charge in [0.2, 0.25) is 0 Å². The molecule has 0 saturated heterocycles. The topological polar surface area (TPSA) is 48.1 Å². The fraction of sp³-hybridized carbons (Fsp3) is 0.118. The van der Waals surface area contributed by atoms with Crippen LogP contribution >= 0.6 is 15.9 Å². The number of aryl methyl sites for hydroxylation is 2. The Kier molecular flexibility index (Phi) is 3.55. The van der Waals surface area contributed by atoms with Crippen LogP contribution in [0.15, 0.2) is 46.9 Å². The number of hydrogen-bond acceptors (Lipinski definition) is 3. The normalized spacial score (nSPS) is 10.8. The van der Waals surface area contributed by atoms with E-state index in [0.717, 1.165) is 38.1 Å². The van der Waals surface area contributed by atoms with Crippen LogP contribution in [0, 0.1) is 13.8 Å². The zero-order chi connectivity index (χ0) is 15.0. The maximum atomic E-state index is 6.10. The summed E-state index contributed by atoms with van der Waals surface area (Å²) in [5, 5.41) is 0.919. The first-order chi connectivity index (χ1) is 10.0. The second-order valence-electron chi connectivity index (χ2n) is 5.05. The first-order valence-corrected chi connectivity index (χ1v) is 7.43. The summed E-state index contributed by atoms with van der Waals surface area (Å²) in [5.74, 6) is 1.60. The van der Waals surface area contributed by atoms with E-state index in [0.29, 0.717) is 5.69 Å². The van der Waals surface area contributed by atoms with Crippen molar-refractivity contribution in [3.8, 4) is 11.5 Å². The van der Waals surface area contributed by atoms with E-state index in [-0.39, 0.29) is 0 Å². The number of halogens is 1. The van der Waals surface area contributed by atoms with Gasteiger partial charge in [-0.15, -0.1) is 0 Å². The first kappa shape index (κ1) is 13.9. The van der Waals surface area contributed by atoms with Crippen molar-refractivity contribution in [3.05, 3.63) is 58.2 Å². The molecule has 0 atom stereocenters. The van der Waals surface area contributed by atoms with E-state index in [9.17, 15) is 0 Å². The lowest BCUT2D eigenvalue weighted by Gasteiger charge is -2.12. The van der Waals surface area contributed by atoms with E-state index >= 15 is 0 Å². The fourth-order valence-corrected chi connectivity index (χ4v) is 2.74. The summed E-state index contributed by atoms with van der Waals surface area (Å²) in [4.78, 5) is 4.51. The molecule has 21 heavy (non-hydrogen) atoms. The molecule has 1 aromatic heterocycles. The van der Waals surface area contributed by atoms with Crippen LogP contribution in [0.5, 0.6) is 11.5 Å². The Hall–Kier alpha value is -2.07. The summed E-state index contributed by atoms with van der Waals surface area (Å²) in [6, 6.07) is 13.5. The molecule has 0 spiro atoms. The Morgan fingerprint density at radius 3 is 2.57 bits per heavy atom. The molecule has 0 saturated carbocycles. The van der Waals surface area contributed by atoms with Gasteiger partial charge in [-0.25, -0.2) is 0 Å². The lowest BCUT2D eigenvalue weighted by Crippen LogP contribution is -1.93. The number of pyridine rings is 1. The van der Waals surface area contributed by atoms with E-state index in [1.54, 1.807) is 0 Å². The lowest BCUT2D eigenvalue weighted by atomic mass is 10.1. The molecule has 2 N–H and O–H groups in total. The number of nitrogens with zero attached hydrogens (tertiary/aromatic N) is 1. The summed E-state index contributed by atoms with van der Waals surface area (Å²) in [7, 11) is 0. The summed E-state index contributed by atoms with van der Waals surface area (Å²) in [5.41, 5.74) is 9.45. The van der Waals surface area contributed by atoms with Crippen LogP contribution in [0.3, 0.4) is 0 Å². The molecule has 4 heteroatoms. The average molecular weight is 343 g/mol. The number of fused-ring (bicyclic) bond motifs is 1. The molecule has 0 amide bonds. The maximum absolute atomic E-state index is 6.10. The van der Waals surface area contributed by atoms with E-state index < -0.39 is 0 Å². The van der Waals surface area contributed by atoms with Crippen molar-refractivity contribution in [1.82, 2.24) is 4.98 Å². The van der Waals surface area contributed by atoms with Crippen LogP contribution in [-0.4, -0.2) is 4.98 Å². The van der Waals surface area contributed by atoms with E-state index in [1.807, 2.05) is 56.3 Å².